The molecule has 0 fully saturated rings. The number of hydrogen-bond donors (Lipinski definition) is 1. The summed E-state index contributed by atoms with van der Waals surface area (Å²) in [7, 11) is 0.806. The molecule has 0 bridgehead atoms. The third-order valence-corrected chi connectivity index (χ3v) is 7.98. The van der Waals surface area contributed by atoms with E-state index in [1.54, 1.807) is 24.5 Å². The van der Waals surface area contributed by atoms with Crippen LogP contribution in [0.5, 0.6) is 5.75 Å². The summed E-state index contributed by atoms with van der Waals surface area (Å²) >= 11 is 7.97. The molecule has 11 heteroatoms. The summed E-state index contributed by atoms with van der Waals surface area (Å²) in [6.45, 7) is 2.68. The Kier molecular flexibility index (Phi) is 7.94. The smallest absolute Gasteiger partial charge is 0.222 e. The maximum atomic E-state index is 11.8. The van der Waals surface area contributed by atoms with Crippen LogP contribution in [0.3, 0.4) is 0 Å². The first-order valence-corrected chi connectivity index (χ1v) is 14.8. The van der Waals surface area contributed by atoms with Gasteiger partial charge in [0.25, 0.3) is 0 Å². The van der Waals surface area contributed by atoms with Crippen LogP contribution >= 0.6 is 22.9 Å². The zero-order chi connectivity index (χ0) is 26.9. The molecule has 0 saturated carbocycles. The molecule has 196 valence electrons. The van der Waals surface area contributed by atoms with E-state index in [9.17, 15) is 13.2 Å². The van der Waals surface area contributed by atoms with Crippen LogP contribution in [0.2, 0.25) is 5.02 Å². The molecule has 1 aromatic carbocycles. The van der Waals surface area contributed by atoms with Gasteiger partial charge in [0.15, 0.2) is 9.84 Å². The molecule has 8 nitrogen and oxygen atoms in total. The number of nitrogens with two attached hydrogens (primary N) is 1. The van der Waals surface area contributed by atoms with Gasteiger partial charge in [-0.15, -0.1) is 11.3 Å². The Bertz CT molecular complexity index is 1560. The minimum absolute atomic E-state index is 0.0261. The zero-order valence-corrected chi connectivity index (χ0v) is 23.5. The number of pyridine rings is 1. The maximum Gasteiger partial charge on any atom is 0.222 e. The van der Waals surface area contributed by atoms with Crippen molar-refractivity contribution in [2.75, 3.05) is 20.4 Å². The van der Waals surface area contributed by atoms with Gasteiger partial charge in [0.1, 0.15) is 17.5 Å². The Morgan fingerprint density at radius 3 is 2.59 bits per heavy atom. The highest BCUT2D eigenvalue weighted by atomic mass is 35.5. The molecular weight excluding hydrogens is 532 g/mol. The van der Waals surface area contributed by atoms with E-state index >= 15 is 0 Å². The predicted molar refractivity (Wildman–Crippen MR) is 148 cm³/mol. The highest BCUT2D eigenvalue weighted by Gasteiger charge is 2.20. The van der Waals surface area contributed by atoms with Crippen molar-refractivity contribution >= 4 is 44.3 Å². The topological polar surface area (TPSA) is 107 Å². The van der Waals surface area contributed by atoms with E-state index in [1.165, 1.54) is 17.6 Å². The molecule has 4 aromatic rings. The van der Waals surface area contributed by atoms with Gasteiger partial charge in [0.2, 0.25) is 5.91 Å². The number of aromatic nitrogens is 2. The van der Waals surface area contributed by atoms with Gasteiger partial charge in [-0.2, -0.15) is 0 Å². The first kappa shape index (κ1) is 27.1. The van der Waals surface area contributed by atoms with E-state index < -0.39 is 15.7 Å². The molecule has 0 unspecified atom stereocenters. The number of nitrogens with zero attached hydrogens (tertiary/aromatic N) is 3. The number of carbonyl (C=O) groups is 1. The summed E-state index contributed by atoms with van der Waals surface area (Å²) in [5.74, 6) is 0.00488. The number of ether oxygens (including phenoxy) is 1. The molecule has 4 rings (SSSR count). The number of thiophene rings is 1. The van der Waals surface area contributed by atoms with Crippen LogP contribution in [0, 0.1) is 0 Å². The highest BCUT2D eigenvalue weighted by molar-refractivity contribution is 7.89. The first-order chi connectivity index (χ1) is 17.4. The molecule has 37 heavy (non-hydrogen) atoms. The van der Waals surface area contributed by atoms with Gasteiger partial charge in [-0.25, -0.2) is 13.4 Å². The molecule has 3 aromatic heterocycles. The lowest BCUT2D eigenvalue weighted by atomic mass is 10.1. The van der Waals surface area contributed by atoms with E-state index in [4.69, 9.17) is 22.1 Å². The summed E-state index contributed by atoms with van der Waals surface area (Å²) in [5.41, 5.74) is 9.55. The molecule has 0 spiro atoms. The zero-order valence-electron chi connectivity index (χ0n) is 21.1. The van der Waals surface area contributed by atoms with Gasteiger partial charge in [0.05, 0.1) is 33.8 Å². The molecule has 0 saturated heterocycles. The van der Waals surface area contributed by atoms with Crippen LogP contribution in [0.1, 0.15) is 34.6 Å². The second kappa shape index (κ2) is 10.8. The average molecular weight is 561 g/mol. The van der Waals surface area contributed by atoms with Crippen molar-refractivity contribution in [2.24, 2.45) is 5.73 Å². The standard InChI is InChI=1S/C26H29ClN4O4S2/c1-16(19-7-5-17(9-20(19)27)13-30(2)3)35-22-10-23(36-24(22)11-25(28)32)21-12-29-26-8-6-18(14-31(21)26)15-37(4,33)34/h5-10,12,14,16H,11,13,15H2,1-4H3,(H2,28,32)/t16-/m1/s1. The van der Waals surface area contributed by atoms with Crippen molar-refractivity contribution in [1.82, 2.24) is 14.3 Å². The van der Waals surface area contributed by atoms with Crippen molar-refractivity contribution in [2.45, 2.75) is 31.7 Å². The lowest BCUT2D eigenvalue weighted by Crippen LogP contribution is -2.14. The number of amides is 1. The van der Waals surface area contributed by atoms with Crippen LogP contribution in [0.4, 0.5) is 0 Å². The van der Waals surface area contributed by atoms with Crippen LogP contribution in [0.25, 0.3) is 16.2 Å². The summed E-state index contributed by atoms with van der Waals surface area (Å²) in [6.07, 6.45) is 4.34. The van der Waals surface area contributed by atoms with Gasteiger partial charge >= 0.3 is 0 Å². The Morgan fingerprint density at radius 2 is 1.95 bits per heavy atom. The fourth-order valence-corrected chi connectivity index (χ4v) is 6.37. The third kappa shape index (κ3) is 6.70. The van der Waals surface area contributed by atoms with Gasteiger partial charge in [0, 0.05) is 35.6 Å². The van der Waals surface area contributed by atoms with E-state index in [2.05, 4.69) is 9.88 Å². The lowest BCUT2D eigenvalue weighted by Gasteiger charge is -2.18. The van der Waals surface area contributed by atoms with Crippen LogP contribution in [-0.4, -0.2) is 49.0 Å². The van der Waals surface area contributed by atoms with Crippen molar-refractivity contribution in [3.8, 4) is 16.3 Å². The Labute approximate surface area is 225 Å². The van der Waals surface area contributed by atoms with Gasteiger partial charge in [-0.05, 0) is 44.3 Å². The second-order valence-corrected chi connectivity index (χ2v) is 13.1. The number of carbonyl (C=O) groups excluding carboxylic acids is 1. The van der Waals surface area contributed by atoms with Gasteiger partial charge in [-0.3, -0.25) is 9.20 Å². The number of fused-ring (bicyclic) bond motifs is 1. The molecule has 0 radical (unpaired) electrons. The largest absolute Gasteiger partial charge is 0.485 e. The molecule has 0 aliphatic rings. The van der Waals surface area contributed by atoms with Crippen molar-refractivity contribution in [3.63, 3.8) is 0 Å². The molecule has 0 aliphatic carbocycles. The minimum Gasteiger partial charge on any atom is -0.485 e. The number of hydrogen-bond acceptors (Lipinski definition) is 7. The van der Waals surface area contributed by atoms with E-state index in [0.717, 1.165) is 28.2 Å². The van der Waals surface area contributed by atoms with E-state index in [0.29, 0.717) is 26.9 Å². The Balaban J connectivity index is 1.68. The molecule has 1 amide bonds. The lowest BCUT2D eigenvalue weighted by molar-refractivity contribution is -0.117. The second-order valence-electron chi connectivity index (χ2n) is 9.37. The van der Waals surface area contributed by atoms with Crippen molar-refractivity contribution < 1.29 is 17.9 Å². The SMILES string of the molecule is C[C@@H](Oc1cc(-c2cnc3ccc(CS(C)(=O)=O)cn23)sc1CC(N)=O)c1ccc(CN(C)C)cc1Cl. The predicted octanol–water partition coefficient (Wildman–Crippen LogP) is 4.49. The van der Waals surface area contributed by atoms with Crippen LogP contribution < -0.4 is 10.5 Å². The molecule has 2 N–H and O–H groups in total. The van der Waals surface area contributed by atoms with Crippen LogP contribution in [0.15, 0.2) is 48.8 Å². The maximum absolute atomic E-state index is 11.8. The van der Waals surface area contributed by atoms with Crippen LogP contribution in [-0.2, 0) is 33.4 Å². The Hall–Kier alpha value is -2.92. The number of rotatable bonds is 10. The summed E-state index contributed by atoms with van der Waals surface area (Å²) in [5, 5.41) is 0.610. The molecule has 1 atom stereocenters. The van der Waals surface area contributed by atoms with Gasteiger partial charge < -0.3 is 15.4 Å². The number of halogens is 1. The summed E-state index contributed by atoms with van der Waals surface area (Å²) in [4.78, 5) is 19.8. The van der Waals surface area contributed by atoms with Gasteiger partial charge in [-0.1, -0.05) is 29.8 Å². The number of sulfone groups is 1. The molecule has 0 aliphatic heterocycles. The third-order valence-electron chi connectivity index (χ3n) is 5.66. The number of benzene rings is 1. The van der Waals surface area contributed by atoms with Crippen molar-refractivity contribution in [3.05, 3.63) is 75.4 Å². The molecular formula is C26H29ClN4O4S2. The normalized spacial score (nSPS) is 12.8. The quantitative estimate of drug-likeness (QED) is 0.306. The number of primary amides is 1. The van der Waals surface area contributed by atoms with Crippen molar-refractivity contribution in [1.29, 1.82) is 0 Å². The number of imidazole rings is 1. The summed E-state index contributed by atoms with van der Waals surface area (Å²) in [6, 6.07) is 11.3. The summed E-state index contributed by atoms with van der Waals surface area (Å²) < 4.78 is 31.7. The van der Waals surface area contributed by atoms with E-state index in [1.807, 2.05) is 49.7 Å². The monoisotopic (exact) mass is 560 g/mol. The Morgan fingerprint density at radius 1 is 1.22 bits per heavy atom. The minimum atomic E-state index is -3.19. The molecule has 3 heterocycles. The average Bonchev–Trinajstić information content (AvgIpc) is 3.35. The first-order valence-electron chi connectivity index (χ1n) is 11.5. The fraction of sp³-hybridized carbons (Fsp3) is 0.308. The highest BCUT2D eigenvalue weighted by Crippen LogP contribution is 2.39. The fourth-order valence-electron chi connectivity index (χ4n) is 4.13. The van der Waals surface area contributed by atoms with E-state index in [-0.39, 0.29) is 18.3 Å².